The third-order valence-corrected chi connectivity index (χ3v) is 3.07. The van der Waals surface area contributed by atoms with E-state index in [0.717, 1.165) is 30.8 Å². The molecule has 1 fully saturated rings. The molecule has 1 aliphatic rings. The Balaban J connectivity index is 1.54. The number of aliphatic hydroxyl groups is 1. The summed E-state index contributed by atoms with van der Waals surface area (Å²) in [6.45, 7) is 1.49. The Hall–Kier alpha value is -1.10. The first kappa shape index (κ1) is 13.3. The fourth-order valence-corrected chi connectivity index (χ4v) is 1.89. The molecule has 0 aliphatic carbocycles. The van der Waals surface area contributed by atoms with Crippen LogP contribution in [-0.2, 0) is 16.1 Å². The van der Waals surface area contributed by atoms with E-state index in [0.29, 0.717) is 6.61 Å². The van der Waals surface area contributed by atoms with Gasteiger partial charge in [0.2, 0.25) is 0 Å². The first-order chi connectivity index (χ1) is 8.83. The van der Waals surface area contributed by atoms with Gasteiger partial charge in [0, 0.05) is 6.61 Å². The van der Waals surface area contributed by atoms with Crippen molar-refractivity contribution in [1.82, 2.24) is 0 Å². The second-order valence-corrected chi connectivity index (χ2v) is 4.44. The Labute approximate surface area is 107 Å². The van der Waals surface area contributed by atoms with Crippen LogP contribution < -0.4 is 4.74 Å². The van der Waals surface area contributed by atoms with E-state index in [9.17, 15) is 0 Å². The molecular formula is C14H20O4. The van der Waals surface area contributed by atoms with Crippen LogP contribution in [0.3, 0.4) is 0 Å². The molecule has 1 N–H and O–H groups in total. The quantitative estimate of drug-likeness (QED) is 0.565. The van der Waals surface area contributed by atoms with E-state index in [2.05, 4.69) is 0 Å². The fourth-order valence-electron chi connectivity index (χ4n) is 1.89. The Morgan fingerprint density at radius 3 is 2.61 bits per heavy atom. The van der Waals surface area contributed by atoms with Gasteiger partial charge in [0.1, 0.15) is 11.9 Å². The normalized spacial score (nSPS) is 21.9. The Bertz CT molecular complexity index is 349. The van der Waals surface area contributed by atoms with Gasteiger partial charge >= 0.3 is 0 Å². The average molecular weight is 252 g/mol. The molecule has 2 rings (SSSR count). The maximum Gasteiger partial charge on any atom is 0.118 e. The lowest BCUT2D eigenvalue weighted by molar-refractivity contribution is 0.115. The molecule has 0 bridgehead atoms. The summed E-state index contributed by atoms with van der Waals surface area (Å²) in [5.41, 5.74) is 1.15. The molecule has 4 nitrogen and oxygen atoms in total. The van der Waals surface area contributed by atoms with Crippen LogP contribution in [-0.4, -0.2) is 37.6 Å². The van der Waals surface area contributed by atoms with Crippen molar-refractivity contribution in [1.29, 1.82) is 0 Å². The van der Waals surface area contributed by atoms with Gasteiger partial charge in [-0.15, -0.1) is 0 Å². The molecule has 0 radical (unpaired) electrons. The minimum Gasteiger partial charge on any atom is -0.497 e. The molecule has 0 spiro atoms. The molecule has 0 saturated carbocycles. The molecule has 1 aromatic carbocycles. The summed E-state index contributed by atoms with van der Waals surface area (Å²) >= 11 is 0. The molecule has 1 aromatic rings. The highest BCUT2D eigenvalue weighted by Gasteiger charge is 2.36. The fraction of sp³-hybridized carbons (Fsp3) is 0.571. The number of aliphatic hydroxyl groups excluding tert-OH is 1. The minimum atomic E-state index is 0.0755. The minimum absolute atomic E-state index is 0.0755. The second-order valence-electron chi connectivity index (χ2n) is 4.44. The average Bonchev–Trinajstić information content (AvgIpc) is 3.18. The number of hydrogen-bond acceptors (Lipinski definition) is 4. The predicted octanol–water partition coefficient (Wildman–Crippen LogP) is 1.75. The smallest absolute Gasteiger partial charge is 0.118 e. The zero-order valence-electron chi connectivity index (χ0n) is 10.7. The summed E-state index contributed by atoms with van der Waals surface area (Å²) in [7, 11) is 1.66. The molecule has 18 heavy (non-hydrogen) atoms. The molecule has 0 aromatic heterocycles. The van der Waals surface area contributed by atoms with E-state index >= 15 is 0 Å². The van der Waals surface area contributed by atoms with Crippen molar-refractivity contribution >= 4 is 0 Å². The molecule has 0 amide bonds. The van der Waals surface area contributed by atoms with E-state index in [1.54, 1.807) is 7.11 Å². The molecule has 1 heterocycles. The second kappa shape index (κ2) is 6.73. The van der Waals surface area contributed by atoms with E-state index in [1.165, 1.54) is 0 Å². The number of epoxide rings is 1. The molecular weight excluding hydrogens is 232 g/mol. The third-order valence-electron chi connectivity index (χ3n) is 3.07. The molecule has 4 heteroatoms. The lowest BCUT2D eigenvalue weighted by Gasteiger charge is -2.05. The first-order valence-corrected chi connectivity index (χ1v) is 6.30. The van der Waals surface area contributed by atoms with Crippen LogP contribution in [0.15, 0.2) is 24.3 Å². The van der Waals surface area contributed by atoms with Gasteiger partial charge in [-0.3, -0.25) is 0 Å². The Morgan fingerprint density at radius 2 is 2.00 bits per heavy atom. The number of hydrogen-bond donors (Lipinski definition) is 1. The number of methoxy groups -OCH3 is 1. The molecule has 1 aliphatic heterocycles. The lowest BCUT2D eigenvalue weighted by Crippen LogP contribution is -2.01. The molecule has 100 valence electrons. The monoisotopic (exact) mass is 252 g/mol. The van der Waals surface area contributed by atoms with E-state index < -0.39 is 0 Å². The first-order valence-electron chi connectivity index (χ1n) is 6.30. The van der Waals surface area contributed by atoms with E-state index in [4.69, 9.17) is 19.3 Å². The third kappa shape index (κ3) is 3.98. The zero-order chi connectivity index (χ0) is 12.8. The zero-order valence-corrected chi connectivity index (χ0v) is 10.7. The highest BCUT2D eigenvalue weighted by molar-refractivity contribution is 5.26. The van der Waals surface area contributed by atoms with E-state index in [-0.39, 0.29) is 18.8 Å². The van der Waals surface area contributed by atoms with Crippen molar-refractivity contribution in [3.8, 4) is 5.75 Å². The number of rotatable bonds is 8. The Morgan fingerprint density at radius 1 is 1.22 bits per heavy atom. The van der Waals surface area contributed by atoms with Crippen LogP contribution in [0.5, 0.6) is 5.75 Å². The van der Waals surface area contributed by atoms with Gasteiger partial charge in [-0.05, 0) is 30.5 Å². The van der Waals surface area contributed by atoms with Gasteiger partial charge < -0.3 is 19.3 Å². The van der Waals surface area contributed by atoms with Crippen LogP contribution in [0.4, 0.5) is 0 Å². The van der Waals surface area contributed by atoms with Crippen molar-refractivity contribution in [2.24, 2.45) is 0 Å². The van der Waals surface area contributed by atoms with Crippen molar-refractivity contribution < 1.29 is 19.3 Å². The highest BCUT2D eigenvalue weighted by Crippen LogP contribution is 2.25. The summed E-state index contributed by atoms with van der Waals surface area (Å²) in [6, 6.07) is 7.88. The van der Waals surface area contributed by atoms with Crippen LogP contribution in [0, 0.1) is 0 Å². The predicted molar refractivity (Wildman–Crippen MR) is 67.6 cm³/mol. The number of ether oxygens (including phenoxy) is 3. The van der Waals surface area contributed by atoms with Gasteiger partial charge in [0.05, 0.1) is 26.4 Å². The standard InChI is InChI=1S/C14H20O4/c1-16-12-6-4-11(5-7-12)10-17-8-2-3-13-14(9-15)18-13/h4-7,13-15H,2-3,8-10H2,1H3/t13-,14-/m1/s1. The van der Waals surface area contributed by atoms with Crippen LogP contribution >= 0.6 is 0 Å². The number of benzene rings is 1. The van der Waals surface area contributed by atoms with Gasteiger partial charge in [0.25, 0.3) is 0 Å². The van der Waals surface area contributed by atoms with Gasteiger partial charge in [-0.1, -0.05) is 12.1 Å². The lowest BCUT2D eigenvalue weighted by atomic mass is 10.2. The largest absolute Gasteiger partial charge is 0.497 e. The molecule has 2 atom stereocenters. The van der Waals surface area contributed by atoms with Gasteiger partial charge in [-0.2, -0.15) is 0 Å². The van der Waals surface area contributed by atoms with Crippen molar-refractivity contribution in [3.05, 3.63) is 29.8 Å². The summed E-state index contributed by atoms with van der Waals surface area (Å²) in [5, 5.41) is 8.80. The SMILES string of the molecule is COc1ccc(COCCC[C@H]2O[C@@H]2CO)cc1. The maximum absolute atomic E-state index is 8.80. The maximum atomic E-state index is 8.80. The van der Waals surface area contributed by atoms with Crippen LogP contribution in [0.25, 0.3) is 0 Å². The highest BCUT2D eigenvalue weighted by atomic mass is 16.6. The summed E-state index contributed by atoms with van der Waals surface area (Å²) in [4.78, 5) is 0. The van der Waals surface area contributed by atoms with Crippen molar-refractivity contribution in [2.45, 2.75) is 31.7 Å². The van der Waals surface area contributed by atoms with Crippen molar-refractivity contribution in [3.63, 3.8) is 0 Å². The summed E-state index contributed by atoms with van der Waals surface area (Å²) < 4.78 is 15.9. The van der Waals surface area contributed by atoms with Gasteiger partial charge in [0.15, 0.2) is 0 Å². The topological polar surface area (TPSA) is 51.2 Å². The summed E-state index contributed by atoms with van der Waals surface area (Å²) in [6.07, 6.45) is 2.26. The van der Waals surface area contributed by atoms with Crippen LogP contribution in [0.2, 0.25) is 0 Å². The van der Waals surface area contributed by atoms with E-state index in [1.807, 2.05) is 24.3 Å². The Kier molecular flexibility index (Phi) is 4.99. The van der Waals surface area contributed by atoms with Crippen LogP contribution in [0.1, 0.15) is 18.4 Å². The molecule has 1 saturated heterocycles. The molecule has 0 unspecified atom stereocenters. The van der Waals surface area contributed by atoms with Crippen molar-refractivity contribution in [2.75, 3.05) is 20.3 Å². The summed E-state index contributed by atoms with van der Waals surface area (Å²) in [5.74, 6) is 0.861. The van der Waals surface area contributed by atoms with Gasteiger partial charge in [-0.25, -0.2) is 0 Å².